The molecule has 0 spiro atoms. The zero-order valence-corrected chi connectivity index (χ0v) is 13.5. The van der Waals surface area contributed by atoms with Gasteiger partial charge in [-0.2, -0.15) is 8.78 Å². The molecule has 0 bridgehead atoms. The summed E-state index contributed by atoms with van der Waals surface area (Å²) in [6.07, 6.45) is 1.45. The molecule has 1 unspecified atom stereocenters. The van der Waals surface area contributed by atoms with Gasteiger partial charge in [0.1, 0.15) is 5.75 Å². The van der Waals surface area contributed by atoms with Crippen LogP contribution in [0.15, 0.2) is 24.3 Å². The zero-order chi connectivity index (χ0) is 15.9. The lowest BCUT2D eigenvalue weighted by Gasteiger charge is -2.31. The molecular weight excluding hydrogens is 272 g/mol. The van der Waals surface area contributed by atoms with E-state index < -0.39 is 6.11 Å². The Morgan fingerprint density at radius 3 is 2.24 bits per heavy atom. The Bertz CT molecular complexity index is 400. The molecule has 0 aliphatic rings. The number of ether oxygens (including phenoxy) is 1. The molecule has 120 valence electrons. The second-order valence-corrected chi connectivity index (χ2v) is 5.56. The van der Waals surface area contributed by atoms with Gasteiger partial charge in [0.25, 0.3) is 0 Å². The molecular formula is C17H27F2NO. The normalized spacial score (nSPS) is 13.0. The molecule has 4 heteroatoms. The molecule has 1 rings (SSSR count). The molecule has 0 saturated carbocycles. The Hall–Kier alpha value is -1.32. The fourth-order valence-corrected chi connectivity index (χ4v) is 2.27. The van der Waals surface area contributed by atoms with Crippen LogP contribution >= 0.6 is 0 Å². The van der Waals surface area contributed by atoms with Crippen molar-refractivity contribution in [3.8, 4) is 5.75 Å². The highest BCUT2D eigenvalue weighted by atomic mass is 19.3. The number of rotatable bonds is 9. The van der Waals surface area contributed by atoms with Crippen LogP contribution in [0.3, 0.4) is 0 Å². The van der Waals surface area contributed by atoms with E-state index in [0.29, 0.717) is 6.04 Å². The summed E-state index contributed by atoms with van der Waals surface area (Å²) in [6.45, 7) is 8.28. The molecule has 2 nitrogen and oxygen atoms in total. The van der Waals surface area contributed by atoms with Gasteiger partial charge in [0.15, 0.2) is 0 Å². The summed E-state index contributed by atoms with van der Waals surface area (Å²) in [4.78, 5) is 2.34. The first-order valence-electron chi connectivity index (χ1n) is 7.81. The van der Waals surface area contributed by atoms with Crippen molar-refractivity contribution < 1.29 is 13.5 Å². The number of hydrogen-bond donors (Lipinski definition) is 0. The van der Waals surface area contributed by atoms with E-state index in [0.717, 1.165) is 32.0 Å². The largest absolute Gasteiger partial charge is 0.433 e. The highest BCUT2D eigenvalue weighted by Gasteiger charge is 2.23. The molecule has 21 heavy (non-hydrogen) atoms. The molecule has 0 radical (unpaired) electrons. The molecule has 0 aromatic heterocycles. The van der Waals surface area contributed by atoms with Gasteiger partial charge in [-0.15, -0.1) is 0 Å². The van der Waals surface area contributed by atoms with Gasteiger partial charge in [0.2, 0.25) is 0 Å². The summed E-state index contributed by atoms with van der Waals surface area (Å²) in [7, 11) is 0. The van der Waals surface area contributed by atoms with Gasteiger partial charge in [0.05, 0.1) is 0 Å². The number of unbranched alkanes of at least 4 members (excludes halogenated alkanes) is 2. The van der Waals surface area contributed by atoms with Crippen molar-refractivity contribution in [2.24, 2.45) is 0 Å². The van der Waals surface area contributed by atoms with Crippen molar-refractivity contribution in [2.45, 2.75) is 65.5 Å². The highest BCUT2D eigenvalue weighted by Crippen LogP contribution is 2.26. The smallest absolute Gasteiger partial charge is 0.394 e. The van der Waals surface area contributed by atoms with Crippen LogP contribution in [0.5, 0.6) is 5.75 Å². The van der Waals surface area contributed by atoms with Crippen molar-refractivity contribution >= 4 is 5.69 Å². The number of anilines is 1. The minimum Gasteiger partial charge on any atom is -0.433 e. The van der Waals surface area contributed by atoms with Crippen molar-refractivity contribution in [3.63, 3.8) is 0 Å². The molecule has 0 aliphatic carbocycles. The molecule has 0 N–H and O–H groups in total. The summed E-state index contributed by atoms with van der Waals surface area (Å²) in [5.74, 6) is 0.198. The van der Waals surface area contributed by atoms with E-state index in [1.54, 1.807) is 12.1 Å². The number of halogens is 2. The van der Waals surface area contributed by atoms with Gasteiger partial charge in [-0.3, -0.25) is 0 Å². The molecule has 0 aliphatic heterocycles. The lowest BCUT2D eigenvalue weighted by Crippen LogP contribution is -2.33. The van der Waals surface area contributed by atoms with E-state index in [9.17, 15) is 8.78 Å². The Morgan fingerprint density at radius 1 is 1.14 bits per heavy atom. The second kappa shape index (κ2) is 8.20. The minimum absolute atomic E-state index is 0.198. The molecule has 1 aromatic carbocycles. The summed E-state index contributed by atoms with van der Waals surface area (Å²) in [5, 5.41) is 0. The van der Waals surface area contributed by atoms with Crippen molar-refractivity contribution in [1.29, 1.82) is 0 Å². The Kier molecular flexibility index (Phi) is 6.93. The third kappa shape index (κ3) is 6.32. The highest BCUT2D eigenvalue weighted by molar-refractivity contribution is 5.49. The zero-order valence-electron chi connectivity index (χ0n) is 13.5. The lowest BCUT2D eigenvalue weighted by atomic mass is 10.1. The van der Waals surface area contributed by atoms with Crippen LogP contribution in [0.2, 0.25) is 0 Å². The summed E-state index contributed by atoms with van der Waals surface area (Å²) < 4.78 is 30.2. The monoisotopic (exact) mass is 299 g/mol. The maximum atomic E-state index is 12.8. The van der Waals surface area contributed by atoms with E-state index in [1.807, 2.05) is 12.1 Å². The van der Waals surface area contributed by atoms with Crippen LogP contribution < -0.4 is 9.64 Å². The molecule has 1 atom stereocenters. The quantitative estimate of drug-likeness (QED) is 0.560. The standard InChI is InChI=1S/C17H27F2NO/c1-5-7-8-13-20(14(3)6-2)15-9-11-16(12-10-15)21-17(4,18)19/h9-12,14H,5-8,13H2,1-4H3. The topological polar surface area (TPSA) is 12.5 Å². The summed E-state index contributed by atoms with van der Waals surface area (Å²) in [6, 6.07) is 7.38. The molecule has 1 aromatic rings. The fourth-order valence-electron chi connectivity index (χ4n) is 2.27. The summed E-state index contributed by atoms with van der Waals surface area (Å²) in [5.41, 5.74) is 1.06. The predicted octanol–water partition coefficient (Wildman–Crippen LogP) is 5.47. The van der Waals surface area contributed by atoms with Crippen LogP contribution in [0, 0.1) is 0 Å². The SMILES string of the molecule is CCCCCN(c1ccc(OC(C)(F)F)cc1)C(C)CC. The Balaban J connectivity index is 2.78. The van der Waals surface area contributed by atoms with Gasteiger partial charge in [-0.25, -0.2) is 0 Å². The first-order chi connectivity index (χ1) is 9.87. The third-order valence-electron chi connectivity index (χ3n) is 3.59. The molecule has 0 amide bonds. The molecule has 0 heterocycles. The van der Waals surface area contributed by atoms with Gasteiger partial charge in [-0.05, 0) is 44.0 Å². The fraction of sp³-hybridized carbons (Fsp3) is 0.647. The maximum absolute atomic E-state index is 12.8. The van der Waals surface area contributed by atoms with Gasteiger partial charge in [0, 0.05) is 25.2 Å². The van der Waals surface area contributed by atoms with E-state index in [2.05, 4.69) is 30.4 Å². The van der Waals surface area contributed by atoms with E-state index >= 15 is 0 Å². The minimum atomic E-state index is -3.14. The number of nitrogens with zero attached hydrogens (tertiary/aromatic N) is 1. The van der Waals surface area contributed by atoms with Crippen LogP contribution in [-0.2, 0) is 0 Å². The number of alkyl halides is 2. The van der Waals surface area contributed by atoms with Crippen LogP contribution in [-0.4, -0.2) is 18.7 Å². The van der Waals surface area contributed by atoms with Crippen LogP contribution in [0.4, 0.5) is 14.5 Å². The predicted molar refractivity (Wildman–Crippen MR) is 84.3 cm³/mol. The number of benzene rings is 1. The van der Waals surface area contributed by atoms with Crippen molar-refractivity contribution in [2.75, 3.05) is 11.4 Å². The van der Waals surface area contributed by atoms with Crippen molar-refractivity contribution in [1.82, 2.24) is 0 Å². The molecule has 0 fully saturated rings. The second-order valence-electron chi connectivity index (χ2n) is 5.56. The first-order valence-corrected chi connectivity index (χ1v) is 7.81. The van der Waals surface area contributed by atoms with E-state index in [1.165, 1.54) is 12.8 Å². The Labute approximate surface area is 127 Å². The van der Waals surface area contributed by atoms with Gasteiger partial charge >= 0.3 is 6.11 Å². The van der Waals surface area contributed by atoms with E-state index in [4.69, 9.17) is 0 Å². The average Bonchev–Trinajstić information content (AvgIpc) is 2.42. The van der Waals surface area contributed by atoms with Crippen molar-refractivity contribution in [3.05, 3.63) is 24.3 Å². The van der Waals surface area contributed by atoms with Gasteiger partial charge < -0.3 is 9.64 Å². The average molecular weight is 299 g/mol. The Morgan fingerprint density at radius 2 is 1.76 bits per heavy atom. The lowest BCUT2D eigenvalue weighted by molar-refractivity contribution is -0.158. The third-order valence-corrected chi connectivity index (χ3v) is 3.59. The summed E-state index contributed by atoms with van der Waals surface area (Å²) >= 11 is 0. The maximum Gasteiger partial charge on any atom is 0.394 e. The molecule has 0 saturated heterocycles. The van der Waals surface area contributed by atoms with Crippen LogP contribution in [0.25, 0.3) is 0 Å². The number of hydrogen-bond acceptors (Lipinski definition) is 2. The van der Waals surface area contributed by atoms with Gasteiger partial charge in [-0.1, -0.05) is 26.7 Å². The van der Waals surface area contributed by atoms with E-state index in [-0.39, 0.29) is 5.75 Å². The van der Waals surface area contributed by atoms with Crippen LogP contribution in [0.1, 0.15) is 53.4 Å². The first kappa shape index (κ1) is 17.7.